The Morgan fingerprint density at radius 1 is 1.08 bits per heavy atom. The third-order valence-corrected chi connectivity index (χ3v) is 7.42. The van der Waals surface area contributed by atoms with Gasteiger partial charge in [-0.05, 0) is 60.2 Å². The lowest BCUT2D eigenvalue weighted by molar-refractivity contribution is 0.162. The largest absolute Gasteiger partial charge is 0.449 e. The van der Waals surface area contributed by atoms with Crippen molar-refractivity contribution in [1.82, 2.24) is 9.97 Å². The maximum Gasteiger partial charge on any atom is 0.414 e. The van der Waals surface area contributed by atoms with Gasteiger partial charge in [0.05, 0.1) is 22.3 Å². The number of fused-ring (bicyclic) bond motifs is 3. The van der Waals surface area contributed by atoms with Crippen molar-refractivity contribution >= 4 is 35.2 Å². The molecule has 38 heavy (non-hydrogen) atoms. The van der Waals surface area contributed by atoms with E-state index in [4.69, 9.17) is 27.9 Å². The number of anilines is 1. The molecule has 4 aromatic rings. The third-order valence-electron chi connectivity index (χ3n) is 6.68. The van der Waals surface area contributed by atoms with E-state index >= 15 is 0 Å². The van der Waals surface area contributed by atoms with Crippen LogP contribution in [0, 0.1) is 0 Å². The Kier molecular flexibility index (Phi) is 7.37. The molecule has 1 atom stereocenters. The zero-order valence-electron chi connectivity index (χ0n) is 21.0. The summed E-state index contributed by atoms with van der Waals surface area (Å²) in [5.74, 6) is 0.236. The Labute approximate surface area is 231 Å². The average Bonchev–Trinajstić information content (AvgIpc) is 2.89. The van der Waals surface area contributed by atoms with Gasteiger partial charge in [0, 0.05) is 24.1 Å². The van der Waals surface area contributed by atoms with E-state index in [9.17, 15) is 9.18 Å². The molecule has 0 fully saturated rings. The molecule has 0 saturated heterocycles. The lowest BCUT2D eigenvalue weighted by Crippen LogP contribution is -2.19. The highest BCUT2D eigenvalue weighted by Gasteiger charge is 2.28. The molecule has 5 nitrogen and oxygen atoms in total. The minimum Gasteiger partial charge on any atom is -0.449 e. The number of alkyl halides is 1. The summed E-state index contributed by atoms with van der Waals surface area (Å²) in [7, 11) is 0. The maximum absolute atomic E-state index is 14.2. The van der Waals surface area contributed by atoms with Gasteiger partial charge >= 0.3 is 6.09 Å². The molecule has 3 aromatic carbocycles. The topological polar surface area (TPSA) is 64.1 Å². The van der Waals surface area contributed by atoms with Gasteiger partial charge in [0.1, 0.15) is 5.67 Å². The number of amides is 1. The molecule has 1 unspecified atom stereocenters. The smallest absolute Gasteiger partial charge is 0.414 e. The van der Waals surface area contributed by atoms with E-state index in [2.05, 4.69) is 21.4 Å². The van der Waals surface area contributed by atoms with Crippen molar-refractivity contribution < 1.29 is 13.9 Å². The predicted molar refractivity (Wildman–Crippen MR) is 149 cm³/mol. The van der Waals surface area contributed by atoms with Gasteiger partial charge < -0.3 is 4.74 Å². The first-order valence-corrected chi connectivity index (χ1v) is 13.1. The SMILES string of the molecule is CC(C)(F)c1cccc(CCOC(=O)Nc2ncc3c(n2)-c2ccccc2C(c2ccc(Cl)c(Cl)c2)C3)c1. The molecule has 1 heterocycles. The van der Waals surface area contributed by atoms with Gasteiger partial charge in [0.2, 0.25) is 5.95 Å². The Bertz CT molecular complexity index is 1500. The highest BCUT2D eigenvalue weighted by molar-refractivity contribution is 6.42. The summed E-state index contributed by atoms with van der Waals surface area (Å²) in [6, 6.07) is 21.0. The molecule has 0 saturated carbocycles. The normalized spacial score (nSPS) is 14.4. The number of hydrogen-bond donors (Lipinski definition) is 1. The van der Waals surface area contributed by atoms with E-state index in [-0.39, 0.29) is 18.5 Å². The number of hydrogen-bond acceptors (Lipinski definition) is 4. The second-order valence-electron chi connectivity index (χ2n) is 9.77. The second kappa shape index (κ2) is 10.7. The van der Waals surface area contributed by atoms with Gasteiger partial charge in [-0.2, -0.15) is 0 Å². The predicted octanol–water partition coefficient (Wildman–Crippen LogP) is 8.13. The van der Waals surface area contributed by atoms with Crippen LogP contribution in [-0.4, -0.2) is 22.7 Å². The minimum atomic E-state index is -1.43. The Morgan fingerprint density at radius 3 is 2.68 bits per heavy atom. The molecule has 0 radical (unpaired) electrons. The van der Waals surface area contributed by atoms with Gasteiger partial charge in [-0.1, -0.05) is 77.8 Å². The summed E-state index contributed by atoms with van der Waals surface area (Å²) in [5, 5.41) is 3.66. The van der Waals surface area contributed by atoms with Crippen molar-refractivity contribution in [3.63, 3.8) is 0 Å². The van der Waals surface area contributed by atoms with Crippen LogP contribution in [0.3, 0.4) is 0 Å². The molecule has 0 spiro atoms. The van der Waals surface area contributed by atoms with Crippen LogP contribution in [-0.2, 0) is 23.2 Å². The Balaban J connectivity index is 1.28. The van der Waals surface area contributed by atoms with Crippen LogP contribution in [0.2, 0.25) is 10.0 Å². The third kappa shape index (κ3) is 5.66. The van der Waals surface area contributed by atoms with Gasteiger partial charge in [-0.15, -0.1) is 0 Å². The molecule has 8 heteroatoms. The van der Waals surface area contributed by atoms with E-state index in [0.717, 1.165) is 33.5 Å². The van der Waals surface area contributed by atoms with Crippen LogP contribution in [0.15, 0.2) is 72.9 Å². The number of carbonyl (C=O) groups excluding carboxylic acids is 1. The number of halogens is 3. The number of ether oxygens (including phenoxy) is 1. The second-order valence-corrected chi connectivity index (χ2v) is 10.6. The van der Waals surface area contributed by atoms with E-state index in [1.807, 2.05) is 42.5 Å². The zero-order chi connectivity index (χ0) is 26.9. The van der Waals surface area contributed by atoms with E-state index in [1.54, 1.807) is 24.4 Å². The van der Waals surface area contributed by atoms with Gasteiger partial charge in [0.25, 0.3) is 0 Å². The minimum absolute atomic E-state index is 0.0716. The molecular formula is C30H26Cl2FN3O2. The lowest BCUT2D eigenvalue weighted by Gasteiger charge is -2.27. The number of rotatable bonds is 6. The van der Waals surface area contributed by atoms with Crippen molar-refractivity contribution in [2.24, 2.45) is 0 Å². The molecule has 1 aliphatic carbocycles. The molecule has 1 aliphatic rings. The molecule has 194 valence electrons. The molecule has 5 rings (SSSR count). The average molecular weight is 550 g/mol. The highest BCUT2D eigenvalue weighted by Crippen LogP contribution is 2.42. The van der Waals surface area contributed by atoms with Crippen molar-refractivity contribution in [2.75, 3.05) is 11.9 Å². The van der Waals surface area contributed by atoms with Crippen LogP contribution in [0.1, 0.15) is 47.6 Å². The number of carbonyl (C=O) groups is 1. The standard InChI is InChI=1S/C30H26Cl2FN3O2/c1-30(2,33)21-7-5-6-18(14-21)12-13-38-29(37)36-28-34-17-20-15-24(19-10-11-25(31)26(32)16-19)22-8-3-4-9-23(22)27(20)35-28/h3-11,14,16-17,24H,12-13,15H2,1-2H3,(H,34,35,36,37). The van der Waals surface area contributed by atoms with Crippen LogP contribution in [0.5, 0.6) is 0 Å². The summed E-state index contributed by atoms with van der Waals surface area (Å²) in [6.07, 6.45) is 2.24. The fourth-order valence-corrected chi connectivity index (χ4v) is 5.01. The molecular weight excluding hydrogens is 524 g/mol. The number of nitrogens with zero attached hydrogens (tertiary/aromatic N) is 2. The van der Waals surface area contributed by atoms with Crippen LogP contribution >= 0.6 is 23.2 Å². The van der Waals surface area contributed by atoms with E-state index < -0.39 is 11.8 Å². The molecule has 1 aromatic heterocycles. The van der Waals surface area contributed by atoms with Crippen molar-refractivity contribution in [3.05, 3.63) is 111 Å². The fourth-order valence-electron chi connectivity index (χ4n) is 4.71. The summed E-state index contributed by atoms with van der Waals surface area (Å²) in [4.78, 5) is 21.4. The molecule has 1 N–H and O–H groups in total. The summed E-state index contributed by atoms with van der Waals surface area (Å²) in [6.45, 7) is 3.17. The van der Waals surface area contributed by atoms with Crippen molar-refractivity contribution in [1.29, 1.82) is 0 Å². The monoisotopic (exact) mass is 549 g/mol. The zero-order valence-corrected chi connectivity index (χ0v) is 22.5. The number of nitrogens with one attached hydrogen (secondary N) is 1. The van der Waals surface area contributed by atoms with Crippen LogP contribution < -0.4 is 5.32 Å². The van der Waals surface area contributed by atoms with Gasteiger partial charge in [-0.25, -0.2) is 19.2 Å². The summed E-state index contributed by atoms with van der Waals surface area (Å²) >= 11 is 12.4. The first-order chi connectivity index (χ1) is 18.2. The quantitative estimate of drug-likeness (QED) is 0.263. The molecule has 1 amide bonds. The van der Waals surface area contributed by atoms with E-state index in [1.165, 1.54) is 13.8 Å². The maximum atomic E-state index is 14.2. The fraction of sp³-hybridized carbons (Fsp3) is 0.233. The van der Waals surface area contributed by atoms with Crippen LogP contribution in [0.4, 0.5) is 15.1 Å². The molecule has 0 aliphatic heterocycles. The van der Waals surface area contributed by atoms with Crippen LogP contribution in [0.25, 0.3) is 11.3 Å². The first-order valence-electron chi connectivity index (χ1n) is 12.3. The lowest BCUT2D eigenvalue weighted by atomic mass is 9.78. The van der Waals surface area contributed by atoms with Gasteiger partial charge in [-0.3, -0.25) is 5.32 Å². The van der Waals surface area contributed by atoms with Crippen molar-refractivity contribution in [2.45, 2.75) is 38.3 Å². The summed E-state index contributed by atoms with van der Waals surface area (Å²) in [5.41, 5.74) is 4.93. The van der Waals surface area contributed by atoms with Crippen molar-refractivity contribution in [3.8, 4) is 11.3 Å². The Morgan fingerprint density at radius 2 is 1.89 bits per heavy atom. The molecule has 0 bridgehead atoms. The summed E-state index contributed by atoms with van der Waals surface area (Å²) < 4.78 is 19.6. The van der Waals surface area contributed by atoms with Gasteiger partial charge in [0.15, 0.2) is 0 Å². The number of benzene rings is 3. The number of aromatic nitrogens is 2. The Hall–Kier alpha value is -3.48. The van der Waals surface area contributed by atoms with E-state index in [0.29, 0.717) is 28.5 Å². The highest BCUT2D eigenvalue weighted by atomic mass is 35.5. The first kappa shape index (κ1) is 26.1.